The van der Waals surface area contributed by atoms with Gasteiger partial charge in [-0.25, -0.2) is 9.97 Å². The highest BCUT2D eigenvalue weighted by atomic mass is 16.5. The molecular weight excluding hydrogens is 476 g/mol. The molecule has 1 fully saturated rings. The van der Waals surface area contributed by atoms with Crippen molar-refractivity contribution < 1.29 is 4.74 Å². The average Bonchev–Trinajstić information content (AvgIpc) is 2.98. The van der Waals surface area contributed by atoms with Crippen molar-refractivity contribution >= 4 is 0 Å². The zero-order valence-electron chi connectivity index (χ0n) is 25.5. The van der Waals surface area contributed by atoms with Crippen LogP contribution in [-0.2, 0) is 12.8 Å². The van der Waals surface area contributed by atoms with Crippen molar-refractivity contribution in [3.63, 3.8) is 0 Å². The summed E-state index contributed by atoms with van der Waals surface area (Å²) in [5, 5.41) is 0. The van der Waals surface area contributed by atoms with Crippen molar-refractivity contribution in [1.29, 1.82) is 0 Å². The van der Waals surface area contributed by atoms with E-state index in [0.717, 1.165) is 24.6 Å². The molecule has 0 spiro atoms. The van der Waals surface area contributed by atoms with E-state index in [2.05, 4.69) is 50.5 Å². The summed E-state index contributed by atoms with van der Waals surface area (Å²) in [7, 11) is 0. The highest BCUT2D eigenvalue weighted by Crippen LogP contribution is 2.34. The number of ether oxygens (including phenoxy) is 1. The third-order valence-electron chi connectivity index (χ3n) is 8.73. The summed E-state index contributed by atoms with van der Waals surface area (Å²) < 4.78 is 6.19. The smallest absolute Gasteiger partial charge is 0.131 e. The third-order valence-corrected chi connectivity index (χ3v) is 8.73. The van der Waals surface area contributed by atoms with Gasteiger partial charge in [0, 0.05) is 18.3 Å². The Balaban J connectivity index is 1.23. The van der Waals surface area contributed by atoms with E-state index in [1.807, 2.05) is 0 Å². The lowest BCUT2D eigenvalue weighted by Crippen LogP contribution is -2.20. The Morgan fingerprint density at radius 1 is 0.590 bits per heavy atom. The van der Waals surface area contributed by atoms with Crippen LogP contribution in [0.3, 0.4) is 0 Å². The Labute approximate surface area is 241 Å². The van der Waals surface area contributed by atoms with Crippen molar-refractivity contribution in [3.8, 4) is 5.75 Å². The normalized spacial score (nSPS) is 17.4. The van der Waals surface area contributed by atoms with Crippen LogP contribution in [0.15, 0.2) is 36.7 Å². The van der Waals surface area contributed by atoms with E-state index in [-0.39, 0.29) is 0 Å². The average molecular weight is 535 g/mol. The molecule has 39 heavy (non-hydrogen) atoms. The molecule has 0 radical (unpaired) electrons. The van der Waals surface area contributed by atoms with Gasteiger partial charge in [0.15, 0.2) is 0 Å². The van der Waals surface area contributed by atoms with Crippen LogP contribution in [0.5, 0.6) is 5.75 Å². The topological polar surface area (TPSA) is 35.0 Å². The lowest BCUT2D eigenvalue weighted by molar-refractivity contribution is 0.198. The van der Waals surface area contributed by atoms with Gasteiger partial charge in [0.1, 0.15) is 11.6 Å². The molecule has 1 aliphatic carbocycles. The van der Waals surface area contributed by atoms with Gasteiger partial charge in [-0.15, -0.1) is 0 Å². The van der Waals surface area contributed by atoms with Gasteiger partial charge in [0.2, 0.25) is 0 Å². The molecule has 0 N–H and O–H groups in total. The molecule has 218 valence electrons. The number of hydrogen-bond donors (Lipinski definition) is 0. The van der Waals surface area contributed by atoms with E-state index in [1.165, 1.54) is 140 Å². The summed E-state index contributed by atoms with van der Waals surface area (Å²) in [4.78, 5) is 9.51. The van der Waals surface area contributed by atoms with Crippen LogP contribution in [0.4, 0.5) is 0 Å². The molecule has 0 aliphatic heterocycles. The van der Waals surface area contributed by atoms with E-state index in [4.69, 9.17) is 14.7 Å². The fourth-order valence-corrected chi connectivity index (χ4v) is 6.01. The highest BCUT2D eigenvalue weighted by molar-refractivity contribution is 5.27. The number of nitrogens with zero attached hydrogens (tertiary/aromatic N) is 2. The summed E-state index contributed by atoms with van der Waals surface area (Å²) in [6.45, 7) is 5.40. The number of hydrogen-bond acceptors (Lipinski definition) is 3. The van der Waals surface area contributed by atoms with Gasteiger partial charge in [0.25, 0.3) is 0 Å². The maximum atomic E-state index is 6.19. The molecule has 3 nitrogen and oxygen atoms in total. The summed E-state index contributed by atoms with van der Waals surface area (Å²) in [5.74, 6) is 3.25. The van der Waals surface area contributed by atoms with Crippen LogP contribution >= 0.6 is 0 Å². The second-order valence-corrected chi connectivity index (χ2v) is 12.2. The predicted octanol–water partition coefficient (Wildman–Crippen LogP) is 10.8. The van der Waals surface area contributed by atoms with Crippen molar-refractivity contribution in [2.45, 2.75) is 155 Å². The van der Waals surface area contributed by atoms with Crippen molar-refractivity contribution in [2.75, 3.05) is 6.61 Å². The molecule has 0 unspecified atom stereocenters. The Morgan fingerprint density at radius 2 is 1.08 bits per heavy atom. The molecule has 2 aromatic rings. The maximum absolute atomic E-state index is 6.19. The lowest BCUT2D eigenvalue weighted by atomic mass is 9.82. The molecule has 0 amide bonds. The Kier molecular flexibility index (Phi) is 16.3. The van der Waals surface area contributed by atoms with Gasteiger partial charge < -0.3 is 4.74 Å². The highest BCUT2D eigenvalue weighted by Gasteiger charge is 2.24. The number of aryl methyl sites for hydroxylation is 2. The molecule has 1 aromatic heterocycles. The number of rotatable bonds is 21. The zero-order valence-corrected chi connectivity index (χ0v) is 25.5. The first-order chi connectivity index (χ1) is 19.3. The van der Waals surface area contributed by atoms with Crippen LogP contribution in [0, 0.1) is 5.92 Å². The molecular formula is C36H58N2O. The van der Waals surface area contributed by atoms with Gasteiger partial charge in [0.05, 0.1) is 6.61 Å². The SMILES string of the molecule is CCCCCCCCCCCCc1ccc(OCC2CCC(c3ncc(CCCCCCC)cn3)CC2)cc1. The number of aromatic nitrogens is 2. The van der Waals surface area contributed by atoms with E-state index in [9.17, 15) is 0 Å². The first kappa shape index (κ1) is 31.6. The zero-order chi connectivity index (χ0) is 27.4. The number of unbranched alkanes of at least 4 members (excludes halogenated alkanes) is 13. The Hall–Kier alpha value is -1.90. The maximum Gasteiger partial charge on any atom is 0.131 e. The van der Waals surface area contributed by atoms with Crippen LogP contribution in [0.2, 0.25) is 0 Å². The third kappa shape index (κ3) is 13.3. The molecule has 0 bridgehead atoms. The summed E-state index contributed by atoms with van der Waals surface area (Å²) in [5.41, 5.74) is 2.75. The van der Waals surface area contributed by atoms with Gasteiger partial charge in [-0.05, 0) is 80.5 Å². The van der Waals surface area contributed by atoms with Gasteiger partial charge in [-0.3, -0.25) is 0 Å². The molecule has 3 rings (SSSR count). The van der Waals surface area contributed by atoms with E-state index < -0.39 is 0 Å². The van der Waals surface area contributed by atoms with Crippen LogP contribution in [0.25, 0.3) is 0 Å². The lowest BCUT2D eigenvalue weighted by Gasteiger charge is -2.27. The quantitative estimate of drug-likeness (QED) is 0.149. The van der Waals surface area contributed by atoms with E-state index in [1.54, 1.807) is 0 Å². The van der Waals surface area contributed by atoms with Crippen LogP contribution in [-0.4, -0.2) is 16.6 Å². The minimum absolute atomic E-state index is 0.518. The molecule has 0 atom stereocenters. The first-order valence-electron chi connectivity index (χ1n) is 16.8. The second kappa shape index (κ2) is 20.0. The van der Waals surface area contributed by atoms with Gasteiger partial charge in [-0.2, -0.15) is 0 Å². The van der Waals surface area contributed by atoms with Gasteiger partial charge >= 0.3 is 0 Å². The molecule has 1 heterocycles. The number of benzene rings is 1. The predicted molar refractivity (Wildman–Crippen MR) is 167 cm³/mol. The largest absolute Gasteiger partial charge is 0.493 e. The minimum Gasteiger partial charge on any atom is -0.493 e. The molecule has 1 saturated carbocycles. The van der Waals surface area contributed by atoms with E-state index >= 15 is 0 Å². The summed E-state index contributed by atoms with van der Waals surface area (Å²) >= 11 is 0. The molecule has 1 aliphatic rings. The Morgan fingerprint density at radius 3 is 1.62 bits per heavy atom. The molecule has 0 saturated heterocycles. The van der Waals surface area contributed by atoms with E-state index in [0.29, 0.717) is 11.8 Å². The van der Waals surface area contributed by atoms with Crippen molar-refractivity contribution in [2.24, 2.45) is 5.92 Å². The fraction of sp³-hybridized carbons (Fsp3) is 0.722. The standard InChI is InChI=1S/C36H58N2O/c1-3-5-7-9-10-11-12-13-15-16-18-31-22-26-35(27-23-31)39-30-32-20-24-34(25-21-32)36-37-28-33(29-38-36)19-17-14-8-6-4-2/h22-23,26-29,32,34H,3-21,24-25,30H2,1-2H3. The fourth-order valence-electron chi connectivity index (χ4n) is 6.01. The first-order valence-corrected chi connectivity index (χ1v) is 16.8. The van der Waals surface area contributed by atoms with Crippen molar-refractivity contribution in [3.05, 3.63) is 53.6 Å². The molecule has 1 aromatic carbocycles. The molecule has 3 heteroatoms. The summed E-state index contributed by atoms with van der Waals surface area (Å²) in [6, 6.07) is 8.89. The summed E-state index contributed by atoms with van der Waals surface area (Å²) in [6.07, 6.45) is 31.8. The second-order valence-electron chi connectivity index (χ2n) is 12.2. The van der Waals surface area contributed by atoms with Crippen LogP contribution < -0.4 is 4.74 Å². The monoisotopic (exact) mass is 534 g/mol. The van der Waals surface area contributed by atoms with Gasteiger partial charge in [-0.1, -0.05) is 109 Å². The van der Waals surface area contributed by atoms with Crippen LogP contribution in [0.1, 0.15) is 159 Å². The Bertz CT molecular complexity index is 839. The minimum atomic E-state index is 0.518. The van der Waals surface area contributed by atoms with Crippen molar-refractivity contribution in [1.82, 2.24) is 9.97 Å².